The predicted octanol–water partition coefficient (Wildman–Crippen LogP) is -1.93. The normalized spacial score (nSPS) is 28.5. The van der Waals surface area contributed by atoms with Crippen LogP contribution in [0.2, 0.25) is 0 Å². The first-order valence-corrected chi connectivity index (χ1v) is 8.30. The molecule has 1 saturated heterocycles. The van der Waals surface area contributed by atoms with Gasteiger partial charge in [0.05, 0.1) is 12.9 Å². The molecule has 0 amide bonds. The van der Waals surface area contributed by atoms with E-state index in [1.165, 1.54) is 17.2 Å². The van der Waals surface area contributed by atoms with Gasteiger partial charge in [-0.05, 0) is 0 Å². The molecule has 13 heteroatoms. The van der Waals surface area contributed by atoms with Gasteiger partial charge in [-0.3, -0.25) is 9.13 Å². The van der Waals surface area contributed by atoms with Gasteiger partial charge in [0.1, 0.15) is 30.2 Å². The number of nitrogens with zero attached hydrogens (tertiary/aromatic N) is 4. The highest BCUT2D eigenvalue weighted by Crippen LogP contribution is 2.34. The Morgan fingerprint density at radius 1 is 1.30 bits per heavy atom. The summed E-state index contributed by atoms with van der Waals surface area (Å²) in [4.78, 5) is 11.9. The minimum absolute atomic E-state index is 0.175. The van der Waals surface area contributed by atoms with Crippen molar-refractivity contribution < 1.29 is 24.0 Å². The molecule has 0 aromatic carbocycles. The zero-order valence-electron chi connectivity index (χ0n) is 11.8. The van der Waals surface area contributed by atoms with Crippen molar-refractivity contribution in [2.24, 2.45) is 11.0 Å². The quantitative estimate of drug-likeness (QED) is 0.387. The maximum absolute atomic E-state index is 11.2. The van der Waals surface area contributed by atoms with E-state index >= 15 is 0 Å². The number of nitrogen functional groups attached to an aromatic ring is 1. The summed E-state index contributed by atoms with van der Waals surface area (Å²) >= 11 is 0. The average Bonchev–Trinajstić information content (AvgIpc) is 3.01. The topological polar surface area (TPSA) is 198 Å². The molecule has 126 valence electrons. The Kier molecular flexibility index (Phi) is 4.06. The maximum Gasteiger partial charge on any atom is 0.335 e. The van der Waals surface area contributed by atoms with Crippen molar-refractivity contribution in [1.82, 2.24) is 19.5 Å². The predicted molar refractivity (Wildman–Crippen MR) is 77.6 cm³/mol. The smallest absolute Gasteiger partial charge is 0.335 e. The van der Waals surface area contributed by atoms with E-state index < -0.39 is 32.2 Å². The van der Waals surface area contributed by atoms with Gasteiger partial charge in [0.25, 0.3) is 0 Å². The Morgan fingerprint density at radius 2 is 2.04 bits per heavy atom. The molecule has 0 saturated carbocycles. The number of aromatic nitrogens is 4. The SMILES string of the molecule is Nc1ncnc2c1ncn2[C@@H]1O[C@H](COP(N)(N)=O)[C@@H](O)[C@H]1O. The van der Waals surface area contributed by atoms with Crippen LogP contribution >= 0.6 is 7.67 Å². The van der Waals surface area contributed by atoms with E-state index in [-0.39, 0.29) is 12.4 Å². The van der Waals surface area contributed by atoms with Gasteiger partial charge in [0.2, 0.25) is 0 Å². The van der Waals surface area contributed by atoms with Crippen LogP contribution in [0.15, 0.2) is 12.7 Å². The second-order valence-electron chi connectivity index (χ2n) is 5.07. The molecule has 1 aliphatic heterocycles. The van der Waals surface area contributed by atoms with E-state index in [1.54, 1.807) is 0 Å². The fourth-order valence-electron chi connectivity index (χ4n) is 2.34. The molecule has 8 N–H and O–H groups in total. The van der Waals surface area contributed by atoms with Gasteiger partial charge in [0, 0.05) is 0 Å². The number of fused-ring (bicyclic) bond motifs is 1. The first-order valence-electron chi connectivity index (χ1n) is 6.54. The molecule has 12 nitrogen and oxygen atoms in total. The molecule has 1 fully saturated rings. The van der Waals surface area contributed by atoms with Gasteiger partial charge in [0.15, 0.2) is 17.7 Å². The van der Waals surface area contributed by atoms with Crippen molar-refractivity contribution in [2.45, 2.75) is 24.5 Å². The number of hydrogen-bond donors (Lipinski definition) is 5. The lowest BCUT2D eigenvalue weighted by atomic mass is 10.1. The molecule has 2 aromatic heterocycles. The summed E-state index contributed by atoms with van der Waals surface area (Å²) in [7, 11) is -3.72. The summed E-state index contributed by atoms with van der Waals surface area (Å²) in [6, 6.07) is 0. The zero-order valence-corrected chi connectivity index (χ0v) is 12.7. The van der Waals surface area contributed by atoms with Crippen molar-refractivity contribution in [2.75, 3.05) is 12.3 Å². The molecule has 0 bridgehead atoms. The van der Waals surface area contributed by atoms with Crippen LogP contribution in [0.5, 0.6) is 0 Å². The van der Waals surface area contributed by atoms with Gasteiger partial charge in [-0.15, -0.1) is 0 Å². The fourth-order valence-corrected chi connectivity index (χ4v) is 2.72. The summed E-state index contributed by atoms with van der Waals surface area (Å²) < 4.78 is 22.9. The third kappa shape index (κ3) is 3.05. The molecule has 0 unspecified atom stereocenters. The van der Waals surface area contributed by atoms with Crippen LogP contribution in [0.4, 0.5) is 5.82 Å². The van der Waals surface area contributed by atoms with E-state index in [4.69, 9.17) is 26.0 Å². The molecule has 0 radical (unpaired) electrons. The molecular weight excluding hydrogens is 329 g/mol. The summed E-state index contributed by atoms with van der Waals surface area (Å²) in [5.41, 5.74) is 16.5. The molecule has 3 heterocycles. The van der Waals surface area contributed by atoms with E-state index in [9.17, 15) is 14.8 Å². The van der Waals surface area contributed by atoms with Crippen molar-refractivity contribution in [1.29, 1.82) is 0 Å². The van der Waals surface area contributed by atoms with Crippen molar-refractivity contribution in [3.05, 3.63) is 12.7 Å². The van der Waals surface area contributed by atoms with E-state index in [0.717, 1.165) is 0 Å². The minimum atomic E-state index is -3.72. The van der Waals surface area contributed by atoms with Crippen molar-refractivity contribution in [3.63, 3.8) is 0 Å². The fraction of sp³-hybridized carbons (Fsp3) is 0.500. The first-order chi connectivity index (χ1) is 10.8. The Labute approximate surface area is 129 Å². The summed E-state index contributed by atoms with van der Waals surface area (Å²) in [5, 5.41) is 20.2. The van der Waals surface area contributed by atoms with E-state index in [2.05, 4.69) is 15.0 Å². The monoisotopic (exact) mass is 345 g/mol. The second kappa shape index (κ2) is 5.76. The molecule has 0 spiro atoms. The third-order valence-corrected chi connectivity index (χ3v) is 3.99. The lowest BCUT2D eigenvalue weighted by Gasteiger charge is -2.16. The van der Waals surface area contributed by atoms with Gasteiger partial charge in [-0.2, -0.15) is 0 Å². The van der Waals surface area contributed by atoms with Gasteiger partial charge < -0.3 is 25.2 Å². The Balaban J connectivity index is 1.85. The number of nitrogens with two attached hydrogens (primary N) is 3. The number of aliphatic hydroxyl groups excluding tert-OH is 2. The number of imidazole rings is 1. The van der Waals surface area contributed by atoms with Crippen LogP contribution in [0.3, 0.4) is 0 Å². The van der Waals surface area contributed by atoms with Crippen molar-refractivity contribution >= 4 is 24.7 Å². The van der Waals surface area contributed by atoms with Gasteiger partial charge >= 0.3 is 7.67 Å². The molecule has 0 aliphatic carbocycles. The highest BCUT2D eigenvalue weighted by Gasteiger charge is 2.44. The Bertz CT molecular complexity index is 763. The number of aliphatic hydroxyl groups is 2. The van der Waals surface area contributed by atoms with Crippen LogP contribution in [0, 0.1) is 0 Å². The number of rotatable bonds is 4. The van der Waals surface area contributed by atoms with Gasteiger partial charge in [-0.1, -0.05) is 0 Å². The summed E-state index contributed by atoms with van der Waals surface area (Å²) in [6.45, 7) is -0.344. The molecule has 23 heavy (non-hydrogen) atoms. The zero-order chi connectivity index (χ0) is 16.8. The molecule has 3 rings (SSSR count). The lowest BCUT2D eigenvalue weighted by Crippen LogP contribution is -2.34. The molecular formula is C10H16N7O5P. The molecule has 1 aliphatic rings. The third-order valence-electron chi connectivity index (χ3n) is 3.44. The lowest BCUT2D eigenvalue weighted by molar-refractivity contribution is -0.0472. The second-order valence-corrected chi connectivity index (χ2v) is 6.62. The first kappa shape index (κ1) is 16.2. The Hall–Kier alpha value is -1.66. The number of ether oxygens (including phenoxy) is 1. The van der Waals surface area contributed by atoms with Crippen LogP contribution in [0.1, 0.15) is 6.23 Å². The van der Waals surface area contributed by atoms with Crippen LogP contribution in [0.25, 0.3) is 11.2 Å². The number of anilines is 1. The van der Waals surface area contributed by atoms with Crippen LogP contribution in [-0.4, -0.2) is 54.7 Å². The van der Waals surface area contributed by atoms with E-state index in [0.29, 0.717) is 11.2 Å². The van der Waals surface area contributed by atoms with Crippen molar-refractivity contribution in [3.8, 4) is 0 Å². The molecule has 2 aromatic rings. The van der Waals surface area contributed by atoms with Gasteiger partial charge in [-0.25, -0.2) is 26.0 Å². The maximum atomic E-state index is 11.2. The average molecular weight is 345 g/mol. The molecule has 4 atom stereocenters. The van der Waals surface area contributed by atoms with E-state index in [1.807, 2.05) is 0 Å². The summed E-state index contributed by atoms with van der Waals surface area (Å²) in [5.74, 6) is 0.175. The highest BCUT2D eigenvalue weighted by molar-refractivity contribution is 7.53. The standard InChI is InChI=1S/C10H16N7O5P/c11-8-5-9(15-2-14-8)17(3-16-5)10-7(19)6(18)4(22-10)1-21-23(12,13)20/h2-4,6-7,10,18-19H,1H2,(H2,11,14,15)(H4,12,13,20)/t4-,6-,7-,10-/m1/s1. The Morgan fingerprint density at radius 3 is 2.74 bits per heavy atom. The minimum Gasteiger partial charge on any atom is -0.387 e. The number of hydrogen-bond acceptors (Lipinski definition) is 9. The van der Waals surface area contributed by atoms with Crippen LogP contribution in [-0.2, 0) is 13.8 Å². The highest BCUT2D eigenvalue weighted by atomic mass is 31.2. The largest absolute Gasteiger partial charge is 0.387 e. The summed E-state index contributed by atoms with van der Waals surface area (Å²) in [6.07, 6.45) is -1.97. The van der Waals surface area contributed by atoms with Crippen LogP contribution < -0.4 is 16.7 Å².